The van der Waals surface area contributed by atoms with E-state index >= 15 is 0 Å². The molecule has 0 aromatic carbocycles. The van der Waals surface area contributed by atoms with Crippen LogP contribution in [0.1, 0.15) is 13.3 Å². The molecule has 1 aliphatic rings. The van der Waals surface area contributed by atoms with Crippen LogP contribution in [0.5, 0.6) is 0 Å². The first kappa shape index (κ1) is 7.33. The van der Waals surface area contributed by atoms with Gasteiger partial charge in [0, 0.05) is 6.54 Å². The van der Waals surface area contributed by atoms with E-state index in [4.69, 9.17) is 5.73 Å². The zero-order valence-electron chi connectivity index (χ0n) is 6.30. The summed E-state index contributed by atoms with van der Waals surface area (Å²) >= 11 is 0. The van der Waals surface area contributed by atoms with Gasteiger partial charge in [-0.2, -0.15) is 0 Å². The van der Waals surface area contributed by atoms with E-state index in [0.717, 1.165) is 6.42 Å². The number of allylic oxidation sites excluding steroid dienone is 1. The molecule has 0 aromatic rings. The first-order valence-corrected chi connectivity index (χ1v) is 3.64. The van der Waals surface area contributed by atoms with Crippen molar-refractivity contribution in [1.29, 1.82) is 0 Å². The molecule has 0 saturated heterocycles. The molecule has 1 aliphatic carbocycles. The van der Waals surface area contributed by atoms with Gasteiger partial charge in [-0.05, 0) is 30.1 Å². The molecule has 1 rings (SSSR count). The molecule has 1 heteroatoms. The summed E-state index contributed by atoms with van der Waals surface area (Å²) in [5.41, 5.74) is 9.76. The van der Waals surface area contributed by atoms with E-state index in [9.17, 15) is 0 Å². The summed E-state index contributed by atoms with van der Waals surface area (Å²) in [6, 6.07) is 0. The lowest BCUT2D eigenvalue weighted by Gasteiger charge is -1.97. The van der Waals surface area contributed by atoms with E-state index in [0.29, 0.717) is 12.5 Å². The van der Waals surface area contributed by atoms with Crippen LogP contribution in [0.3, 0.4) is 0 Å². The SMILES string of the molecule is CC1C=C=CC(CN)=CC1. The Labute approximate surface area is 61.9 Å². The van der Waals surface area contributed by atoms with Crippen LogP contribution < -0.4 is 5.73 Å². The number of hydrogen-bond donors (Lipinski definition) is 1. The Hall–Kier alpha value is -0.780. The van der Waals surface area contributed by atoms with E-state index in [1.54, 1.807) is 0 Å². The molecule has 0 bridgehead atoms. The first-order valence-electron chi connectivity index (χ1n) is 3.64. The topological polar surface area (TPSA) is 26.0 Å². The summed E-state index contributed by atoms with van der Waals surface area (Å²) in [5, 5.41) is 0. The van der Waals surface area contributed by atoms with E-state index in [-0.39, 0.29) is 0 Å². The van der Waals surface area contributed by atoms with E-state index in [1.165, 1.54) is 5.57 Å². The minimum atomic E-state index is 0.611. The Morgan fingerprint density at radius 2 is 2.60 bits per heavy atom. The highest BCUT2D eigenvalue weighted by molar-refractivity contribution is 5.22. The minimum Gasteiger partial charge on any atom is -0.326 e. The summed E-state index contributed by atoms with van der Waals surface area (Å²) in [6.45, 7) is 2.81. The average Bonchev–Trinajstić information content (AvgIpc) is 2.14. The van der Waals surface area contributed by atoms with Crippen LogP contribution in [0.25, 0.3) is 0 Å². The van der Waals surface area contributed by atoms with Gasteiger partial charge in [0.2, 0.25) is 0 Å². The van der Waals surface area contributed by atoms with Crippen LogP contribution in [0.4, 0.5) is 0 Å². The Bertz CT molecular complexity index is 195. The predicted octanol–water partition coefficient (Wildman–Crippen LogP) is 1.62. The number of nitrogens with two attached hydrogens (primary N) is 1. The molecule has 10 heavy (non-hydrogen) atoms. The highest BCUT2D eigenvalue weighted by atomic mass is 14.5. The zero-order valence-corrected chi connectivity index (χ0v) is 6.30. The lowest BCUT2D eigenvalue weighted by atomic mass is 10.1. The van der Waals surface area contributed by atoms with Gasteiger partial charge in [-0.1, -0.05) is 13.0 Å². The summed E-state index contributed by atoms with van der Waals surface area (Å²) in [6.07, 6.45) is 7.32. The molecule has 0 amide bonds. The largest absolute Gasteiger partial charge is 0.326 e. The molecule has 0 saturated carbocycles. The van der Waals surface area contributed by atoms with Gasteiger partial charge in [0.25, 0.3) is 0 Å². The molecule has 0 aliphatic heterocycles. The third kappa shape index (κ3) is 1.87. The van der Waals surface area contributed by atoms with Crippen molar-refractivity contribution in [3.05, 3.63) is 29.5 Å². The van der Waals surface area contributed by atoms with Gasteiger partial charge in [-0.15, -0.1) is 5.73 Å². The summed E-state index contributed by atoms with van der Waals surface area (Å²) in [7, 11) is 0. The molecular formula is C9H13N. The highest BCUT2D eigenvalue weighted by Crippen LogP contribution is 2.10. The van der Waals surface area contributed by atoms with Crippen molar-refractivity contribution in [2.45, 2.75) is 13.3 Å². The summed E-state index contributed by atoms with van der Waals surface area (Å²) in [5.74, 6) is 0.611. The maximum absolute atomic E-state index is 5.46. The standard InChI is InChI=1S/C9H13N/c1-8-3-2-4-9(7-10)6-5-8/h3-4,6,8H,5,7,10H2,1H3. The van der Waals surface area contributed by atoms with Gasteiger partial charge >= 0.3 is 0 Å². The Morgan fingerprint density at radius 3 is 3.30 bits per heavy atom. The molecule has 1 atom stereocenters. The molecule has 54 valence electrons. The minimum absolute atomic E-state index is 0.611. The Balaban J connectivity index is 2.73. The summed E-state index contributed by atoms with van der Waals surface area (Å²) < 4.78 is 0. The normalized spacial score (nSPS) is 24.2. The maximum atomic E-state index is 5.46. The van der Waals surface area contributed by atoms with Crippen molar-refractivity contribution < 1.29 is 0 Å². The van der Waals surface area contributed by atoms with Crippen LogP contribution >= 0.6 is 0 Å². The molecule has 0 fully saturated rings. The second kappa shape index (κ2) is 3.40. The van der Waals surface area contributed by atoms with Crippen molar-refractivity contribution in [1.82, 2.24) is 0 Å². The molecule has 0 spiro atoms. The van der Waals surface area contributed by atoms with Gasteiger partial charge in [-0.3, -0.25) is 0 Å². The van der Waals surface area contributed by atoms with E-state index in [1.807, 2.05) is 6.08 Å². The smallest absolute Gasteiger partial charge is 0.0181 e. The van der Waals surface area contributed by atoms with Crippen molar-refractivity contribution in [3.8, 4) is 0 Å². The van der Waals surface area contributed by atoms with Crippen LogP contribution in [-0.4, -0.2) is 6.54 Å². The van der Waals surface area contributed by atoms with Gasteiger partial charge in [0.05, 0.1) is 0 Å². The first-order chi connectivity index (χ1) is 4.83. The molecule has 1 unspecified atom stereocenters. The van der Waals surface area contributed by atoms with Crippen LogP contribution in [0.2, 0.25) is 0 Å². The van der Waals surface area contributed by atoms with Gasteiger partial charge in [0.1, 0.15) is 0 Å². The highest BCUT2D eigenvalue weighted by Gasteiger charge is 1.97. The third-order valence-electron chi connectivity index (χ3n) is 1.64. The lowest BCUT2D eigenvalue weighted by molar-refractivity contribution is 0.745. The number of rotatable bonds is 1. The van der Waals surface area contributed by atoms with E-state index in [2.05, 4.69) is 24.8 Å². The lowest BCUT2D eigenvalue weighted by Crippen LogP contribution is -2.00. The molecular weight excluding hydrogens is 122 g/mol. The maximum Gasteiger partial charge on any atom is 0.0181 e. The van der Waals surface area contributed by atoms with Gasteiger partial charge in [0.15, 0.2) is 0 Å². The quantitative estimate of drug-likeness (QED) is 0.543. The van der Waals surface area contributed by atoms with Crippen molar-refractivity contribution >= 4 is 0 Å². The van der Waals surface area contributed by atoms with Crippen molar-refractivity contribution in [2.24, 2.45) is 11.7 Å². The molecule has 0 radical (unpaired) electrons. The van der Waals surface area contributed by atoms with Crippen LogP contribution in [0.15, 0.2) is 29.5 Å². The van der Waals surface area contributed by atoms with Crippen LogP contribution in [-0.2, 0) is 0 Å². The monoisotopic (exact) mass is 135 g/mol. The molecule has 0 heterocycles. The second-order valence-electron chi connectivity index (χ2n) is 2.67. The fourth-order valence-corrected chi connectivity index (χ4v) is 0.926. The fourth-order valence-electron chi connectivity index (χ4n) is 0.926. The number of hydrogen-bond acceptors (Lipinski definition) is 1. The van der Waals surface area contributed by atoms with Gasteiger partial charge < -0.3 is 5.73 Å². The van der Waals surface area contributed by atoms with Gasteiger partial charge in [-0.25, -0.2) is 0 Å². The second-order valence-corrected chi connectivity index (χ2v) is 2.67. The van der Waals surface area contributed by atoms with E-state index < -0.39 is 0 Å². The zero-order chi connectivity index (χ0) is 7.40. The average molecular weight is 135 g/mol. The third-order valence-corrected chi connectivity index (χ3v) is 1.64. The Morgan fingerprint density at radius 1 is 1.80 bits per heavy atom. The van der Waals surface area contributed by atoms with Crippen LogP contribution in [0, 0.1) is 5.92 Å². The molecule has 1 nitrogen and oxygen atoms in total. The molecule has 2 N–H and O–H groups in total. The molecule has 0 aromatic heterocycles. The fraction of sp³-hybridized carbons (Fsp3) is 0.444. The van der Waals surface area contributed by atoms with Crippen molar-refractivity contribution in [2.75, 3.05) is 6.54 Å². The Kier molecular flexibility index (Phi) is 2.49. The van der Waals surface area contributed by atoms with Crippen molar-refractivity contribution in [3.63, 3.8) is 0 Å². The predicted molar refractivity (Wildman–Crippen MR) is 43.6 cm³/mol. The summed E-state index contributed by atoms with van der Waals surface area (Å²) in [4.78, 5) is 0.